The number of ether oxygens (including phenoxy) is 2. The Balaban J connectivity index is 2.80. The van der Waals surface area contributed by atoms with E-state index in [1.54, 1.807) is 19.1 Å². The lowest BCUT2D eigenvalue weighted by molar-refractivity contribution is -0.147. The molecule has 0 unspecified atom stereocenters. The SMILES string of the molecule is COC(=O)[C@@H](C)Oc1cc(C)ccc1Cl. The van der Waals surface area contributed by atoms with Crippen LogP contribution in [0.15, 0.2) is 18.2 Å². The van der Waals surface area contributed by atoms with Gasteiger partial charge >= 0.3 is 5.97 Å². The van der Waals surface area contributed by atoms with Crippen molar-refractivity contribution in [2.75, 3.05) is 7.11 Å². The van der Waals surface area contributed by atoms with Crippen molar-refractivity contribution in [2.24, 2.45) is 0 Å². The molecule has 0 bridgehead atoms. The van der Waals surface area contributed by atoms with Crippen molar-refractivity contribution in [3.05, 3.63) is 28.8 Å². The summed E-state index contributed by atoms with van der Waals surface area (Å²) in [6.45, 7) is 3.54. The lowest BCUT2D eigenvalue weighted by Gasteiger charge is -2.13. The van der Waals surface area contributed by atoms with E-state index in [-0.39, 0.29) is 0 Å². The number of carbonyl (C=O) groups excluding carboxylic acids is 1. The van der Waals surface area contributed by atoms with Crippen LogP contribution in [0.1, 0.15) is 12.5 Å². The van der Waals surface area contributed by atoms with Crippen molar-refractivity contribution in [3.63, 3.8) is 0 Å². The van der Waals surface area contributed by atoms with Gasteiger partial charge in [0.05, 0.1) is 12.1 Å². The molecule has 0 aliphatic rings. The molecule has 0 amide bonds. The number of rotatable bonds is 3. The van der Waals surface area contributed by atoms with Crippen LogP contribution in [0.25, 0.3) is 0 Å². The zero-order valence-electron chi connectivity index (χ0n) is 8.91. The van der Waals surface area contributed by atoms with E-state index in [1.165, 1.54) is 7.11 Å². The quantitative estimate of drug-likeness (QED) is 0.746. The highest BCUT2D eigenvalue weighted by Crippen LogP contribution is 2.26. The maximum atomic E-state index is 11.1. The molecule has 0 radical (unpaired) electrons. The molecule has 0 aliphatic carbocycles. The van der Waals surface area contributed by atoms with Crippen LogP contribution in [-0.4, -0.2) is 19.2 Å². The van der Waals surface area contributed by atoms with E-state index >= 15 is 0 Å². The average molecular weight is 229 g/mol. The molecule has 0 saturated carbocycles. The van der Waals surface area contributed by atoms with Crippen molar-refractivity contribution >= 4 is 17.6 Å². The Hall–Kier alpha value is -1.22. The molecular weight excluding hydrogens is 216 g/mol. The first kappa shape index (κ1) is 11.9. The molecule has 0 aliphatic heterocycles. The number of esters is 1. The zero-order chi connectivity index (χ0) is 11.4. The summed E-state index contributed by atoms with van der Waals surface area (Å²) in [5.74, 6) is 0.0714. The Kier molecular flexibility index (Phi) is 3.97. The maximum absolute atomic E-state index is 11.1. The van der Waals surface area contributed by atoms with Gasteiger partial charge < -0.3 is 9.47 Å². The third kappa shape index (κ3) is 3.13. The van der Waals surface area contributed by atoms with Gasteiger partial charge in [-0.3, -0.25) is 0 Å². The van der Waals surface area contributed by atoms with Crippen molar-refractivity contribution in [1.82, 2.24) is 0 Å². The van der Waals surface area contributed by atoms with Crippen LogP contribution in [0.5, 0.6) is 5.75 Å². The van der Waals surface area contributed by atoms with Crippen molar-refractivity contribution in [3.8, 4) is 5.75 Å². The summed E-state index contributed by atoms with van der Waals surface area (Å²) in [5.41, 5.74) is 1.02. The fourth-order valence-corrected chi connectivity index (χ4v) is 1.27. The van der Waals surface area contributed by atoms with E-state index in [4.69, 9.17) is 16.3 Å². The van der Waals surface area contributed by atoms with Crippen LogP contribution in [-0.2, 0) is 9.53 Å². The van der Waals surface area contributed by atoms with E-state index < -0.39 is 12.1 Å². The van der Waals surface area contributed by atoms with Crippen molar-refractivity contribution in [1.29, 1.82) is 0 Å². The molecule has 3 nitrogen and oxygen atoms in total. The maximum Gasteiger partial charge on any atom is 0.346 e. The number of benzene rings is 1. The molecule has 0 heterocycles. The lowest BCUT2D eigenvalue weighted by Crippen LogP contribution is -2.25. The molecule has 82 valence electrons. The summed E-state index contributed by atoms with van der Waals surface area (Å²) >= 11 is 5.91. The molecule has 0 aromatic heterocycles. The summed E-state index contributed by atoms with van der Waals surface area (Å²) in [5, 5.41) is 0.483. The Morgan fingerprint density at radius 2 is 2.13 bits per heavy atom. The first-order valence-electron chi connectivity index (χ1n) is 4.55. The summed E-state index contributed by atoms with van der Waals surface area (Å²) in [6.07, 6.45) is -0.658. The predicted octanol–water partition coefficient (Wildman–Crippen LogP) is 2.59. The Morgan fingerprint density at radius 3 is 2.73 bits per heavy atom. The largest absolute Gasteiger partial charge is 0.477 e. The summed E-state index contributed by atoms with van der Waals surface area (Å²) < 4.78 is 9.92. The molecule has 0 saturated heterocycles. The first-order valence-corrected chi connectivity index (χ1v) is 4.93. The number of hydrogen-bond acceptors (Lipinski definition) is 3. The molecule has 15 heavy (non-hydrogen) atoms. The van der Waals surface area contributed by atoms with Gasteiger partial charge in [-0.05, 0) is 31.5 Å². The van der Waals surface area contributed by atoms with E-state index in [9.17, 15) is 4.79 Å². The molecule has 1 aromatic carbocycles. The van der Waals surface area contributed by atoms with Gasteiger partial charge in [0.15, 0.2) is 6.10 Å². The second-order valence-corrected chi connectivity index (χ2v) is 3.62. The van der Waals surface area contributed by atoms with Crippen LogP contribution < -0.4 is 4.74 Å². The molecule has 1 atom stereocenters. The fraction of sp³-hybridized carbons (Fsp3) is 0.364. The smallest absolute Gasteiger partial charge is 0.346 e. The summed E-state index contributed by atoms with van der Waals surface area (Å²) in [6, 6.07) is 5.38. The second kappa shape index (κ2) is 5.03. The summed E-state index contributed by atoms with van der Waals surface area (Å²) in [4.78, 5) is 11.1. The topological polar surface area (TPSA) is 35.5 Å². The van der Waals surface area contributed by atoms with Gasteiger partial charge in [-0.1, -0.05) is 17.7 Å². The minimum Gasteiger partial charge on any atom is -0.477 e. The highest BCUT2D eigenvalue weighted by Gasteiger charge is 2.16. The third-order valence-corrected chi connectivity index (χ3v) is 2.24. The van der Waals surface area contributed by atoms with E-state index in [2.05, 4.69) is 4.74 Å². The molecule has 0 spiro atoms. The van der Waals surface area contributed by atoms with Crippen LogP contribution in [0.2, 0.25) is 5.02 Å². The highest BCUT2D eigenvalue weighted by atomic mass is 35.5. The average Bonchev–Trinajstić information content (AvgIpc) is 2.22. The van der Waals surface area contributed by atoms with Crippen molar-refractivity contribution < 1.29 is 14.3 Å². The minimum absolute atomic E-state index is 0.424. The normalized spacial score (nSPS) is 12.0. The standard InChI is InChI=1S/C11H13ClO3/c1-7-4-5-9(12)10(6-7)15-8(2)11(13)14-3/h4-6,8H,1-3H3/t8-/m1/s1. The molecule has 1 rings (SSSR count). The number of carbonyl (C=O) groups is 1. The van der Waals surface area contributed by atoms with Gasteiger partial charge in [0.25, 0.3) is 0 Å². The molecule has 1 aromatic rings. The Morgan fingerprint density at radius 1 is 1.47 bits per heavy atom. The van der Waals surface area contributed by atoms with Crippen LogP contribution in [0, 0.1) is 6.92 Å². The van der Waals surface area contributed by atoms with Crippen molar-refractivity contribution in [2.45, 2.75) is 20.0 Å². The number of halogens is 1. The number of aryl methyl sites for hydroxylation is 1. The van der Waals surface area contributed by atoms with Gasteiger partial charge in [0.1, 0.15) is 5.75 Å². The zero-order valence-corrected chi connectivity index (χ0v) is 9.67. The first-order chi connectivity index (χ1) is 7.04. The monoisotopic (exact) mass is 228 g/mol. The minimum atomic E-state index is -0.658. The van der Waals surface area contributed by atoms with Gasteiger partial charge in [0.2, 0.25) is 0 Å². The molecular formula is C11H13ClO3. The lowest BCUT2D eigenvalue weighted by atomic mass is 10.2. The third-order valence-electron chi connectivity index (χ3n) is 1.92. The van der Waals surface area contributed by atoms with Gasteiger partial charge in [-0.25, -0.2) is 4.79 Å². The van der Waals surface area contributed by atoms with E-state index in [0.717, 1.165) is 5.56 Å². The van der Waals surface area contributed by atoms with Crippen LogP contribution in [0.4, 0.5) is 0 Å². The molecule has 0 N–H and O–H groups in total. The van der Waals surface area contributed by atoms with Gasteiger partial charge in [-0.2, -0.15) is 0 Å². The second-order valence-electron chi connectivity index (χ2n) is 3.22. The Bertz CT molecular complexity index is 363. The van der Waals surface area contributed by atoms with Gasteiger partial charge in [-0.15, -0.1) is 0 Å². The predicted molar refractivity (Wildman–Crippen MR) is 58.3 cm³/mol. The van der Waals surface area contributed by atoms with E-state index in [0.29, 0.717) is 10.8 Å². The Labute approximate surface area is 93.9 Å². The van der Waals surface area contributed by atoms with Crippen LogP contribution in [0.3, 0.4) is 0 Å². The van der Waals surface area contributed by atoms with Gasteiger partial charge in [0, 0.05) is 0 Å². The van der Waals surface area contributed by atoms with E-state index in [1.807, 2.05) is 13.0 Å². The molecule has 4 heteroatoms. The molecule has 0 fully saturated rings. The highest BCUT2D eigenvalue weighted by molar-refractivity contribution is 6.32. The van der Waals surface area contributed by atoms with Crippen LogP contribution >= 0.6 is 11.6 Å². The fourth-order valence-electron chi connectivity index (χ4n) is 1.11. The number of hydrogen-bond donors (Lipinski definition) is 0. The number of methoxy groups -OCH3 is 1. The summed E-state index contributed by atoms with van der Waals surface area (Å²) in [7, 11) is 1.32.